The van der Waals surface area contributed by atoms with Gasteiger partial charge in [-0.1, -0.05) is 48.5 Å². The molecule has 2 aromatic carbocycles. The van der Waals surface area contributed by atoms with Gasteiger partial charge in [-0.3, -0.25) is 9.78 Å². The number of aliphatic carboxylic acids is 1. The second kappa shape index (κ2) is 9.66. The molecule has 8 rings (SSSR count). The number of benzene rings is 2. The van der Waals surface area contributed by atoms with Gasteiger partial charge in [-0.15, -0.1) is 0 Å². The van der Waals surface area contributed by atoms with Crippen LogP contribution in [0.2, 0.25) is 0 Å². The predicted molar refractivity (Wildman–Crippen MR) is 156 cm³/mol. The maximum Gasteiger partial charge on any atom is 0.307 e. The number of carboxylic acids is 1. The number of carboxylic acid groups (broad SMARTS) is 1. The van der Waals surface area contributed by atoms with Crippen LogP contribution in [-0.2, 0) is 9.53 Å². The molecule has 3 fully saturated rings. The highest BCUT2D eigenvalue weighted by atomic mass is 16.5. The van der Waals surface area contributed by atoms with E-state index in [0.29, 0.717) is 31.5 Å². The molecule has 1 saturated heterocycles. The molecule has 206 valence electrons. The molecule has 0 spiro atoms. The summed E-state index contributed by atoms with van der Waals surface area (Å²) in [5.41, 5.74) is 8.42. The third kappa shape index (κ3) is 4.25. The molecule has 0 amide bonds. The average molecular weight is 546 g/mol. The molecule has 8 nitrogen and oxygen atoms in total. The molecule has 4 heterocycles. The van der Waals surface area contributed by atoms with E-state index in [2.05, 4.69) is 65.6 Å². The molecule has 3 aliphatic rings. The number of hydrogen-bond donors (Lipinski definition) is 1. The van der Waals surface area contributed by atoms with Gasteiger partial charge in [-0.05, 0) is 48.9 Å². The molecule has 5 aromatic rings. The molecular formula is C33H31N5O3. The number of nitrogens with zero attached hydrogens (tertiary/aromatic N) is 5. The maximum atomic E-state index is 11.4. The summed E-state index contributed by atoms with van der Waals surface area (Å²) in [5, 5.41) is 15.4. The standard InChI is InChI=1S/C33H31N5O3/c39-33(40)26-19-25(26)20-5-7-22(8-6-20)31-30(36-32-29(11-12-34-38(31)32)37-13-15-41-16-14-37)24-17-23(18-24)28-10-9-21-3-1-2-4-27(21)35-28/h1-12,23-26H,13-19H2,(H,39,40)/t23?,24?,25-,26+/m1/s1. The molecule has 8 heteroatoms. The number of carbonyl (C=O) groups is 1. The van der Waals surface area contributed by atoms with E-state index < -0.39 is 5.97 Å². The van der Waals surface area contributed by atoms with Crippen molar-refractivity contribution in [1.82, 2.24) is 19.6 Å². The minimum Gasteiger partial charge on any atom is -0.481 e. The first-order chi connectivity index (χ1) is 20.1. The Morgan fingerprint density at radius 1 is 0.878 bits per heavy atom. The fraction of sp³-hybridized carbons (Fsp3) is 0.333. The van der Waals surface area contributed by atoms with Gasteiger partial charge in [0.1, 0.15) is 0 Å². The number of morpholine rings is 1. The molecule has 2 saturated carbocycles. The molecule has 0 radical (unpaired) electrons. The van der Waals surface area contributed by atoms with E-state index in [4.69, 9.17) is 19.8 Å². The quantitative estimate of drug-likeness (QED) is 0.296. The lowest BCUT2D eigenvalue weighted by Gasteiger charge is -2.34. The van der Waals surface area contributed by atoms with Crippen LogP contribution < -0.4 is 4.90 Å². The monoisotopic (exact) mass is 545 g/mol. The summed E-state index contributed by atoms with van der Waals surface area (Å²) < 4.78 is 7.62. The number of rotatable bonds is 6. The first-order valence-corrected chi connectivity index (χ1v) is 14.5. The molecule has 2 atom stereocenters. The molecule has 0 unspecified atom stereocenters. The Morgan fingerprint density at radius 2 is 1.68 bits per heavy atom. The van der Waals surface area contributed by atoms with Crippen molar-refractivity contribution >= 4 is 28.2 Å². The van der Waals surface area contributed by atoms with E-state index in [1.807, 2.05) is 16.8 Å². The Balaban J connectivity index is 1.16. The zero-order valence-corrected chi connectivity index (χ0v) is 22.7. The molecule has 0 bridgehead atoms. The van der Waals surface area contributed by atoms with Crippen molar-refractivity contribution < 1.29 is 14.6 Å². The second-order valence-corrected chi connectivity index (χ2v) is 11.6. The summed E-state index contributed by atoms with van der Waals surface area (Å²) in [6, 6.07) is 23.1. The molecule has 2 aliphatic carbocycles. The number of aromatic nitrogens is 4. The molecule has 1 aliphatic heterocycles. The van der Waals surface area contributed by atoms with Gasteiger partial charge in [-0.2, -0.15) is 5.10 Å². The largest absolute Gasteiger partial charge is 0.481 e. The van der Waals surface area contributed by atoms with Crippen LogP contribution in [0.4, 0.5) is 5.69 Å². The SMILES string of the molecule is O=C(O)[C@H]1C[C@@H]1c1ccc(-c2c(C3CC(c4ccc5ccccc5n4)C3)nc3c(N4CCOCC4)ccnn23)cc1. The normalized spacial score (nSPS) is 24.0. The Hall–Kier alpha value is -4.30. The van der Waals surface area contributed by atoms with Crippen molar-refractivity contribution in [2.75, 3.05) is 31.2 Å². The van der Waals surface area contributed by atoms with Gasteiger partial charge in [0.15, 0.2) is 5.65 Å². The lowest BCUT2D eigenvalue weighted by Crippen LogP contribution is -2.36. The van der Waals surface area contributed by atoms with Crippen LogP contribution >= 0.6 is 0 Å². The van der Waals surface area contributed by atoms with E-state index in [1.165, 1.54) is 5.39 Å². The number of imidazole rings is 1. The zero-order valence-electron chi connectivity index (χ0n) is 22.7. The van der Waals surface area contributed by atoms with Gasteiger partial charge < -0.3 is 14.7 Å². The van der Waals surface area contributed by atoms with Crippen LogP contribution in [0.1, 0.15) is 54.0 Å². The Bertz CT molecular complexity index is 1770. The van der Waals surface area contributed by atoms with Gasteiger partial charge in [0.25, 0.3) is 0 Å². The van der Waals surface area contributed by atoms with E-state index in [0.717, 1.165) is 71.0 Å². The van der Waals surface area contributed by atoms with Crippen molar-refractivity contribution in [1.29, 1.82) is 0 Å². The lowest BCUT2D eigenvalue weighted by molar-refractivity contribution is -0.138. The summed E-state index contributed by atoms with van der Waals surface area (Å²) in [6.45, 7) is 3.07. The summed E-state index contributed by atoms with van der Waals surface area (Å²) in [7, 11) is 0. The van der Waals surface area contributed by atoms with Crippen molar-refractivity contribution in [3.8, 4) is 11.3 Å². The summed E-state index contributed by atoms with van der Waals surface area (Å²) in [5.74, 6) is -0.152. The van der Waals surface area contributed by atoms with Crippen molar-refractivity contribution in [3.05, 3.63) is 89.9 Å². The van der Waals surface area contributed by atoms with Crippen LogP contribution in [-0.4, -0.2) is 57.0 Å². The van der Waals surface area contributed by atoms with Crippen LogP contribution in [0.3, 0.4) is 0 Å². The lowest BCUT2D eigenvalue weighted by atomic mass is 9.71. The number of pyridine rings is 1. The molecule has 3 aromatic heterocycles. The fourth-order valence-corrected chi connectivity index (χ4v) is 6.67. The van der Waals surface area contributed by atoms with Gasteiger partial charge >= 0.3 is 5.97 Å². The number of hydrogen-bond acceptors (Lipinski definition) is 6. The summed E-state index contributed by atoms with van der Waals surface area (Å²) in [6.07, 6.45) is 4.57. The number of ether oxygens (including phenoxy) is 1. The van der Waals surface area contributed by atoms with Crippen LogP contribution in [0.5, 0.6) is 0 Å². The van der Waals surface area contributed by atoms with Crippen molar-refractivity contribution in [3.63, 3.8) is 0 Å². The number of fused-ring (bicyclic) bond motifs is 2. The van der Waals surface area contributed by atoms with Gasteiger partial charge in [0.05, 0.1) is 47.9 Å². The molecular weight excluding hydrogens is 514 g/mol. The smallest absolute Gasteiger partial charge is 0.307 e. The fourth-order valence-electron chi connectivity index (χ4n) is 6.67. The van der Waals surface area contributed by atoms with E-state index in [-0.39, 0.29) is 11.8 Å². The predicted octanol–water partition coefficient (Wildman–Crippen LogP) is 5.63. The highest BCUT2D eigenvalue weighted by Crippen LogP contribution is 2.51. The van der Waals surface area contributed by atoms with Crippen LogP contribution in [0, 0.1) is 5.92 Å². The zero-order chi connectivity index (χ0) is 27.5. The Kier molecular flexibility index (Phi) is 5.77. The molecule has 1 N–H and O–H groups in total. The number of para-hydroxylation sites is 1. The molecule has 41 heavy (non-hydrogen) atoms. The van der Waals surface area contributed by atoms with Crippen molar-refractivity contribution in [2.24, 2.45) is 5.92 Å². The van der Waals surface area contributed by atoms with E-state index >= 15 is 0 Å². The first kappa shape index (κ1) is 24.5. The third-order valence-corrected chi connectivity index (χ3v) is 9.16. The minimum absolute atomic E-state index is 0.107. The summed E-state index contributed by atoms with van der Waals surface area (Å²) in [4.78, 5) is 24.0. The second-order valence-electron chi connectivity index (χ2n) is 11.6. The maximum absolute atomic E-state index is 11.4. The van der Waals surface area contributed by atoms with E-state index in [1.54, 1.807) is 0 Å². The van der Waals surface area contributed by atoms with Crippen LogP contribution in [0.25, 0.3) is 27.8 Å². The highest BCUT2D eigenvalue weighted by molar-refractivity contribution is 5.79. The van der Waals surface area contributed by atoms with E-state index in [9.17, 15) is 9.90 Å². The Morgan fingerprint density at radius 3 is 2.46 bits per heavy atom. The highest BCUT2D eigenvalue weighted by Gasteiger charge is 2.44. The van der Waals surface area contributed by atoms with Crippen LogP contribution in [0.15, 0.2) is 72.9 Å². The average Bonchev–Trinajstić information content (AvgIpc) is 3.71. The van der Waals surface area contributed by atoms with Crippen molar-refractivity contribution in [2.45, 2.75) is 37.0 Å². The van der Waals surface area contributed by atoms with Gasteiger partial charge in [-0.25, -0.2) is 9.50 Å². The summed E-state index contributed by atoms with van der Waals surface area (Å²) >= 11 is 0. The van der Waals surface area contributed by atoms with Gasteiger partial charge in [0.2, 0.25) is 0 Å². The van der Waals surface area contributed by atoms with Gasteiger partial charge in [0, 0.05) is 41.6 Å². The minimum atomic E-state index is -0.705. The third-order valence-electron chi connectivity index (χ3n) is 9.16. The first-order valence-electron chi connectivity index (χ1n) is 14.5. The number of anilines is 1. The topological polar surface area (TPSA) is 92.8 Å². The Labute approximate surface area is 237 Å².